The van der Waals surface area contributed by atoms with Crippen LogP contribution >= 0.6 is 0 Å². The van der Waals surface area contributed by atoms with Crippen LogP contribution in [0, 0.1) is 23.5 Å². The smallest absolute Gasteiger partial charge is 0.170 e. The molecule has 0 unspecified atom stereocenters. The predicted octanol–water partition coefficient (Wildman–Crippen LogP) is 3.98. The Morgan fingerprint density at radius 3 is 2.92 bits per heavy atom. The Hall–Kier alpha value is -2.08. The molecule has 0 bridgehead atoms. The molecule has 1 aromatic carbocycles. The summed E-state index contributed by atoms with van der Waals surface area (Å²) >= 11 is 0. The van der Waals surface area contributed by atoms with Crippen molar-refractivity contribution in [3.05, 3.63) is 52.9 Å². The number of halogens is 2. The summed E-state index contributed by atoms with van der Waals surface area (Å²) in [6.07, 6.45) is 2.49. The molecule has 0 amide bonds. The first kappa shape index (κ1) is 18.7. The molecule has 2 heterocycles. The fourth-order valence-electron chi connectivity index (χ4n) is 3.57. The lowest BCUT2D eigenvalue weighted by Crippen LogP contribution is -2.38. The molecule has 1 aliphatic rings. The minimum Gasteiger partial charge on any atom is -0.297 e. The SMILES string of the molecule is CC(C)Cc1cc(CN2CCC[C@H](C(=O)c3cc(F)ccc3F)C2)[nH]n1. The highest BCUT2D eigenvalue weighted by Gasteiger charge is 2.28. The second-order valence-corrected chi connectivity index (χ2v) is 7.55. The molecule has 3 rings (SSSR count). The topological polar surface area (TPSA) is 49.0 Å². The third-order valence-electron chi connectivity index (χ3n) is 4.77. The first-order valence-electron chi connectivity index (χ1n) is 9.17. The number of benzene rings is 1. The van der Waals surface area contributed by atoms with Crippen LogP contribution in [-0.4, -0.2) is 34.0 Å². The highest BCUT2D eigenvalue weighted by atomic mass is 19.1. The predicted molar refractivity (Wildman–Crippen MR) is 95.8 cm³/mol. The van der Waals surface area contributed by atoms with Crippen molar-refractivity contribution in [2.75, 3.05) is 13.1 Å². The Bertz CT molecular complexity index is 772. The van der Waals surface area contributed by atoms with E-state index in [0.717, 1.165) is 49.0 Å². The lowest BCUT2D eigenvalue weighted by Gasteiger charge is -2.31. The maximum Gasteiger partial charge on any atom is 0.170 e. The Labute approximate surface area is 152 Å². The molecule has 26 heavy (non-hydrogen) atoms. The van der Waals surface area contributed by atoms with Crippen LogP contribution in [0.3, 0.4) is 0 Å². The molecule has 1 saturated heterocycles. The molecule has 1 atom stereocenters. The van der Waals surface area contributed by atoms with Gasteiger partial charge in [-0.1, -0.05) is 13.8 Å². The van der Waals surface area contributed by atoms with Crippen LogP contribution in [0.1, 0.15) is 48.4 Å². The molecule has 0 radical (unpaired) electrons. The molecule has 1 aliphatic heterocycles. The highest BCUT2D eigenvalue weighted by Crippen LogP contribution is 2.24. The van der Waals surface area contributed by atoms with Crippen LogP contribution in [0.4, 0.5) is 8.78 Å². The summed E-state index contributed by atoms with van der Waals surface area (Å²) in [5, 5.41) is 7.40. The van der Waals surface area contributed by atoms with Crippen LogP contribution in [0.15, 0.2) is 24.3 Å². The Morgan fingerprint density at radius 1 is 1.35 bits per heavy atom. The Kier molecular flexibility index (Phi) is 5.81. The van der Waals surface area contributed by atoms with Crippen molar-refractivity contribution in [1.82, 2.24) is 15.1 Å². The van der Waals surface area contributed by atoms with E-state index in [9.17, 15) is 13.6 Å². The van der Waals surface area contributed by atoms with Gasteiger partial charge in [0.05, 0.1) is 11.3 Å². The van der Waals surface area contributed by atoms with E-state index in [1.165, 1.54) is 0 Å². The van der Waals surface area contributed by atoms with E-state index in [1.807, 2.05) is 0 Å². The molecule has 1 aromatic heterocycles. The van der Waals surface area contributed by atoms with Crippen LogP contribution in [-0.2, 0) is 13.0 Å². The summed E-state index contributed by atoms with van der Waals surface area (Å²) < 4.78 is 27.3. The van der Waals surface area contributed by atoms with Gasteiger partial charge in [-0.2, -0.15) is 5.10 Å². The number of Topliss-reactive ketones (excluding diaryl/α,β-unsaturated/α-hetero) is 1. The molecule has 6 heteroatoms. The molecule has 0 spiro atoms. The minimum absolute atomic E-state index is 0.141. The second kappa shape index (κ2) is 8.08. The number of ketones is 1. The van der Waals surface area contributed by atoms with E-state index in [2.05, 4.69) is 35.0 Å². The lowest BCUT2D eigenvalue weighted by molar-refractivity contribution is 0.0805. The van der Waals surface area contributed by atoms with Crippen molar-refractivity contribution in [3.8, 4) is 0 Å². The van der Waals surface area contributed by atoms with E-state index in [4.69, 9.17) is 0 Å². The number of aromatic nitrogens is 2. The quantitative estimate of drug-likeness (QED) is 0.792. The zero-order valence-electron chi connectivity index (χ0n) is 15.3. The number of H-pyrrole nitrogens is 1. The van der Waals surface area contributed by atoms with Crippen molar-refractivity contribution < 1.29 is 13.6 Å². The molecule has 0 saturated carbocycles. The van der Waals surface area contributed by atoms with E-state index < -0.39 is 11.6 Å². The van der Waals surface area contributed by atoms with Crippen molar-refractivity contribution in [2.45, 2.75) is 39.7 Å². The molecule has 1 N–H and O–H groups in total. The van der Waals surface area contributed by atoms with E-state index >= 15 is 0 Å². The molecular formula is C20H25F2N3O. The Morgan fingerprint density at radius 2 is 2.15 bits per heavy atom. The molecule has 1 fully saturated rings. The Balaban J connectivity index is 1.64. The average Bonchev–Trinajstić information content (AvgIpc) is 3.02. The number of piperidine rings is 1. The second-order valence-electron chi connectivity index (χ2n) is 7.55. The number of rotatable bonds is 6. The number of hydrogen-bond donors (Lipinski definition) is 1. The fourth-order valence-corrected chi connectivity index (χ4v) is 3.57. The fraction of sp³-hybridized carbons (Fsp3) is 0.500. The van der Waals surface area contributed by atoms with Gasteiger partial charge >= 0.3 is 0 Å². The largest absolute Gasteiger partial charge is 0.297 e. The van der Waals surface area contributed by atoms with Gasteiger partial charge in [-0.15, -0.1) is 0 Å². The zero-order valence-corrected chi connectivity index (χ0v) is 15.3. The van der Waals surface area contributed by atoms with E-state index in [-0.39, 0.29) is 17.3 Å². The monoisotopic (exact) mass is 361 g/mol. The standard InChI is InChI=1S/C20H25F2N3O/c1-13(2)8-16-10-17(24-23-16)12-25-7-3-4-14(11-25)20(26)18-9-15(21)5-6-19(18)22/h5-6,9-10,13-14H,3-4,7-8,11-12H2,1-2H3,(H,23,24)/t14-/m0/s1. The molecule has 140 valence electrons. The molecule has 0 aliphatic carbocycles. The van der Waals surface area contributed by atoms with Crippen LogP contribution < -0.4 is 0 Å². The molecule has 4 nitrogen and oxygen atoms in total. The van der Waals surface area contributed by atoms with Crippen molar-refractivity contribution in [2.24, 2.45) is 11.8 Å². The van der Waals surface area contributed by atoms with Crippen molar-refractivity contribution in [3.63, 3.8) is 0 Å². The molecular weight excluding hydrogens is 336 g/mol. The number of carbonyl (C=O) groups excluding carboxylic acids is 1. The number of likely N-dealkylation sites (tertiary alicyclic amines) is 1. The van der Waals surface area contributed by atoms with Gasteiger partial charge in [-0.3, -0.25) is 14.8 Å². The first-order valence-corrected chi connectivity index (χ1v) is 9.17. The normalized spacial score (nSPS) is 18.4. The highest BCUT2D eigenvalue weighted by molar-refractivity contribution is 5.98. The summed E-state index contributed by atoms with van der Waals surface area (Å²) in [6, 6.07) is 5.12. The third kappa shape index (κ3) is 4.55. The van der Waals surface area contributed by atoms with Crippen LogP contribution in [0.25, 0.3) is 0 Å². The number of aromatic amines is 1. The van der Waals surface area contributed by atoms with Gasteiger partial charge in [-0.05, 0) is 56.0 Å². The van der Waals surface area contributed by atoms with Gasteiger partial charge in [0, 0.05) is 24.7 Å². The van der Waals surface area contributed by atoms with Crippen molar-refractivity contribution >= 4 is 5.78 Å². The van der Waals surface area contributed by atoms with Crippen LogP contribution in [0.2, 0.25) is 0 Å². The van der Waals surface area contributed by atoms with Gasteiger partial charge in [0.1, 0.15) is 11.6 Å². The number of nitrogens with one attached hydrogen (secondary N) is 1. The first-order chi connectivity index (χ1) is 12.4. The summed E-state index contributed by atoms with van der Waals surface area (Å²) in [5.41, 5.74) is 1.92. The average molecular weight is 361 g/mol. The lowest BCUT2D eigenvalue weighted by atomic mass is 9.89. The van der Waals surface area contributed by atoms with Gasteiger partial charge < -0.3 is 0 Å². The van der Waals surface area contributed by atoms with Gasteiger partial charge in [0.25, 0.3) is 0 Å². The maximum absolute atomic E-state index is 13.9. The number of hydrogen-bond acceptors (Lipinski definition) is 3. The number of nitrogens with zero attached hydrogens (tertiary/aromatic N) is 2. The van der Waals surface area contributed by atoms with Gasteiger partial charge in [-0.25, -0.2) is 8.78 Å². The number of carbonyl (C=O) groups is 1. The summed E-state index contributed by atoms with van der Waals surface area (Å²) in [5.74, 6) is -1.31. The van der Waals surface area contributed by atoms with E-state index in [0.29, 0.717) is 25.4 Å². The summed E-state index contributed by atoms with van der Waals surface area (Å²) in [6.45, 7) is 6.42. The third-order valence-corrected chi connectivity index (χ3v) is 4.77. The van der Waals surface area contributed by atoms with Crippen LogP contribution in [0.5, 0.6) is 0 Å². The zero-order chi connectivity index (χ0) is 18.7. The van der Waals surface area contributed by atoms with Gasteiger partial charge in [0.2, 0.25) is 0 Å². The minimum atomic E-state index is -0.652. The summed E-state index contributed by atoms with van der Waals surface area (Å²) in [7, 11) is 0. The maximum atomic E-state index is 13.9. The summed E-state index contributed by atoms with van der Waals surface area (Å²) in [4.78, 5) is 14.8. The van der Waals surface area contributed by atoms with Crippen molar-refractivity contribution in [1.29, 1.82) is 0 Å². The van der Waals surface area contributed by atoms with Gasteiger partial charge in [0.15, 0.2) is 5.78 Å². The van der Waals surface area contributed by atoms with E-state index in [1.54, 1.807) is 0 Å². The molecule has 2 aromatic rings.